The van der Waals surface area contributed by atoms with Crippen LogP contribution in [0.5, 0.6) is 17.2 Å². The Bertz CT molecular complexity index is 949. The number of aromatic hydroxyl groups is 1. The predicted octanol–water partition coefficient (Wildman–Crippen LogP) is 4.44. The number of amides is 2. The van der Waals surface area contributed by atoms with Gasteiger partial charge in [-0.05, 0) is 47.7 Å². The molecule has 1 heterocycles. The van der Waals surface area contributed by atoms with Gasteiger partial charge >= 0.3 is 0 Å². The quantitative estimate of drug-likeness (QED) is 0.716. The smallest absolute Gasteiger partial charge is 0.293 e. The topological polar surface area (TPSA) is 76.1 Å². The van der Waals surface area contributed by atoms with Crippen LogP contribution < -0.4 is 9.47 Å². The van der Waals surface area contributed by atoms with Gasteiger partial charge in [0.1, 0.15) is 5.82 Å². The molecule has 1 N–H and O–H groups in total. The van der Waals surface area contributed by atoms with Crippen LogP contribution in [0.1, 0.15) is 11.1 Å². The molecule has 0 aromatic heterocycles. The Labute approximate surface area is 169 Å². The van der Waals surface area contributed by atoms with E-state index < -0.39 is 17.0 Å². The first-order valence-electron chi connectivity index (χ1n) is 7.99. The number of nitrogens with zero attached hydrogens (tertiary/aromatic N) is 1. The maximum absolute atomic E-state index is 14.0. The summed E-state index contributed by atoms with van der Waals surface area (Å²) in [5.41, 5.74) is 0.557. The number of phenols is 1. The van der Waals surface area contributed by atoms with Gasteiger partial charge in [0, 0.05) is 10.6 Å². The van der Waals surface area contributed by atoms with Gasteiger partial charge in [0.25, 0.3) is 11.1 Å². The molecule has 0 aliphatic carbocycles. The maximum Gasteiger partial charge on any atom is 0.293 e. The van der Waals surface area contributed by atoms with Crippen LogP contribution >= 0.6 is 23.4 Å². The zero-order valence-electron chi connectivity index (χ0n) is 14.9. The molecule has 1 saturated heterocycles. The Hall–Kier alpha value is -2.71. The standard InChI is InChI=1S/C19H15ClFNO5S/c1-26-14-6-10(7-15(27-2)17(14)23)8-16-18(24)22(19(25)28-16)9-11-12(20)4-3-5-13(11)21/h3-8,23H,9H2,1-2H3. The van der Waals surface area contributed by atoms with Crippen molar-refractivity contribution >= 4 is 40.6 Å². The van der Waals surface area contributed by atoms with Crippen LogP contribution in [0.25, 0.3) is 6.08 Å². The Morgan fingerprint density at radius 2 is 1.86 bits per heavy atom. The van der Waals surface area contributed by atoms with Crippen LogP contribution in [-0.4, -0.2) is 35.4 Å². The minimum atomic E-state index is -0.594. The lowest BCUT2D eigenvalue weighted by atomic mass is 10.1. The number of thioether (sulfide) groups is 1. The number of halogens is 2. The minimum Gasteiger partial charge on any atom is -0.502 e. The zero-order chi connectivity index (χ0) is 20.4. The van der Waals surface area contributed by atoms with E-state index in [0.717, 1.165) is 16.7 Å². The third kappa shape index (κ3) is 3.79. The monoisotopic (exact) mass is 423 g/mol. The average molecular weight is 424 g/mol. The number of methoxy groups -OCH3 is 2. The van der Waals surface area contributed by atoms with E-state index in [9.17, 15) is 19.1 Å². The SMILES string of the molecule is COc1cc(C=C2SC(=O)N(Cc3c(F)cccc3Cl)C2=O)cc(OC)c1O. The molecule has 28 heavy (non-hydrogen) atoms. The lowest BCUT2D eigenvalue weighted by Crippen LogP contribution is -2.28. The van der Waals surface area contributed by atoms with E-state index in [-0.39, 0.29) is 39.3 Å². The van der Waals surface area contributed by atoms with Gasteiger partial charge in [-0.2, -0.15) is 0 Å². The molecule has 9 heteroatoms. The van der Waals surface area contributed by atoms with Crippen molar-refractivity contribution in [2.24, 2.45) is 0 Å². The predicted molar refractivity (Wildman–Crippen MR) is 104 cm³/mol. The molecule has 0 atom stereocenters. The van der Waals surface area contributed by atoms with Crippen LogP contribution in [0.3, 0.4) is 0 Å². The molecular weight excluding hydrogens is 409 g/mol. The highest BCUT2D eigenvalue weighted by Gasteiger charge is 2.36. The van der Waals surface area contributed by atoms with Gasteiger partial charge in [0.05, 0.1) is 25.7 Å². The van der Waals surface area contributed by atoms with E-state index >= 15 is 0 Å². The molecule has 2 aromatic carbocycles. The van der Waals surface area contributed by atoms with Crippen LogP contribution in [0.2, 0.25) is 5.02 Å². The molecule has 1 aliphatic rings. The first-order valence-corrected chi connectivity index (χ1v) is 9.18. The summed E-state index contributed by atoms with van der Waals surface area (Å²) in [6.45, 7) is -0.268. The fraction of sp³-hybridized carbons (Fsp3) is 0.158. The summed E-state index contributed by atoms with van der Waals surface area (Å²) in [6, 6.07) is 7.15. The van der Waals surface area contributed by atoms with E-state index in [1.54, 1.807) is 0 Å². The lowest BCUT2D eigenvalue weighted by Gasteiger charge is -2.14. The molecule has 0 spiro atoms. The zero-order valence-corrected chi connectivity index (χ0v) is 16.4. The Balaban J connectivity index is 1.91. The van der Waals surface area contributed by atoms with E-state index in [1.165, 1.54) is 50.6 Å². The maximum atomic E-state index is 14.0. The van der Waals surface area contributed by atoms with Gasteiger partial charge in [-0.1, -0.05) is 17.7 Å². The Morgan fingerprint density at radius 3 is 2.43 bits per heavy atom. The fourth-order valence-corrected chi connectivity index (χ4v) is 3.69. The summed E-state index contributed by atoms with van der Waals surface area (Å²) in [4.78, 5) is 26.0. The van der Waals surface area contributed by atoms with E-state index in [1.807, 2.05) is 0 Å². The fourth-order valence-electron chi connectivity index (χ4n) is 2.63. The number of hydrogen-bond donors (Lipinski definition) is 1. The highest BCUT2D eigenvalue weighted by molar-refractivity contribution is 8.18. The third-order valence-corrected chi connectivity index (χ3v) is 5.31. The Kier molecular flexibility index (Phi) is 5.81. The van der Waals surface area contributed by atoms with Crippen molar-refractivity contribution in [3.8, 4) is 17.2 Å². The first-order chi connectivity index (χ1) is 13.3. The molecule has 0 unspecified atom stereocenters. The van der Waals surface area contributed by atoms with Gasteiger partial charge in [-0.25, -0.2) is 4.39 Å². The summed E-state index contributed by atoms with van der Waals surface area (Å²) >= 11 is 6.72. The van der Waals surface area contributed by atoms with Crippen molar-refractivity contribution in [3.05, 3.63) is 57.2 Å². The molecule has 3 rings (SSSR count). The van der Waals surface area contributed by atoms with Crippen LogP contribution in [0.15, 0.2) is 35.2 Å². The largest absolute Gasteiger partial charge is 0.502 e. The third-order valence-electron chi connectivity index (χ3n) is 4.05. The summed E-state index contributed by atoms with van der Waals surface area (Å²) in [7, 11) is 2.76. The van der Waals surface area contributed by atoms with Crippen molar-refractivity contribution in [3.63, 3.8) is 0 Å². The van der Waals surface area contributed by atoms with Crippen molar-refractivity contribution < 1.29 is 28.6 Å². The van der Waals surface area contributed by atoms with E-state index in [2.05, 4.69) is 0 Å². The number of hydrogen-bond acceptors (Lipinski definition) is 6. The van der Waals surface area contributed by atoms with Crippen molar-refractivity contribution in [2.75, 3.05) is 14.2 Å². The van der Waals surface area contributed by atoms with Crippen LogP contribution in [-0.2, 0) is 11.3 Å². The first kappa shape index (κ1) is 20.0. The van der Waals surface area contributed by atoms with Gasteiger partial charge in [-0.15, -0.1) is 0 Å². The van der Waals surface area contributed by atoms with Gasteiger partial charge in [-0.3, -0.25) is 14.5 Å². The second-order valence-corrected chi connectivity index (χ2v) is 7.14. The highest BCUT2D eigenvalue weighted by atomic mass is 35.5. The number of benzene rings is 2. The molecule has 0 radical (unpaired) electrons. The van der Waals surface area contributed by atoms with Crippen molar-refractivity contribution in [1.82, 2.24) is 4.90 Å². The second-order valence-electron chi connectivity index (χ2n) is 5.74. The van der Waals surface area contributed by atoms with Crippen molar-refractivity contribution in [2.45, 2.75) is 6.54 Å². The molecule has 0 saturated carbocycles. The summed E-state index contributed by atoms with van der Waals surface area (Å²) < 4.78 is 24.2. The second kappa shape index (κ2) is 8.12. The van der Waals surface area contributed by atoms with E-state index in [4.69, 9.17) is 21.1 Å². The Morgan fingerprint density at radius 1 is 1.21 bits per heavy atom. The molecule has 2 amide bonds. The number of carbonyl (C=O) groups excluding carboxylic acids is 2. The van der Waals surface area contributed by atoms with E-state index in [0.29, 0.717) is 5.56 Å². The molecule has 146 valence electrons. The lowest BCUT2D eigenvalue weighted by molar-refractivity contribution is -0.123. The summed E-state index contributed by atoms with van der Waals surface area (Å²) in [5.74, 6) is -1.03. The molecular formula is C19H15ClFNO5S. The van der Waals surface area contributed by atoms with Gasteiger partial charge < -0.3 is 14.6 Å². The summed E-state index contributed by atoms with van der Waals surface area (Å²) in [5, 5.41) is 9.57. The number of ether oxygens (including phenoxy) is 2. The summed E-state index contributed by atoms with van der Waals surface area (Å²) in [6.07, 6.45) is 1.47. The number of carbonyl (C=O) groups is 2. The minimum absolute atomic E-state index is 0.0701. The molecule has 0 bridgehead atoms. The van der Waals surface area contributed by atoms with Crippen LogP contribution in [0, 0.1) is 5.82 Å². The molecule has 1 fully saturated rings. The normalized spacial score (nSPS) is 15.4. The number of rotatable bonds is 5. The molecule has 2 aromatic rings. The number of phenolic OH excluding ortho intramolecular Hbond substituents is 1. The van der Waals surface area contributed by atoms with Gasteiger partial charge in [0.15, 0.2) is 11.5 Å². The highest BCUT2D eigenvalue weighted by Crippen LogP contribution is 2.40. The van der Waals surface area contributed by atoms with Crippen molar-refractivity contribution in [1.29, 1.82) is 0 Å². The molecule has 1 aliphatic heterocycles. The van der Waals surface area contributed by atoms with Gasteiger partial charge in [0.2, 0.25) is 5.75 Å². The van der Waals surface area contributed by atoms with Crippen LogP contribution in [0.4, 0.5) is 9.18 Å². The average Bonchev–Trinajstić information content (AvgIpc) is 2.92. The molecule has 6 nitrogen and oxygen atoms in total. The number of imide groups is 1.